The molecule has 0 heterocycles. The van der Waals surface area contributed by atoms with Crippen molar-refractivity contribution in [1.29, 1.82) is 0 Å². The molecule has 2 aromatic rings. The molecule has 0 bridgehead atoms. The molecule has 0 saturated heterocycles. The molecule has 0 amide bonds. The minimum Gasteiger partial charge on any atom is -1.00 e. The van der Waals surface area contributed by atoms with Crippen LogP contribution in [-0.2, 0) is 9.59 Å². The second-order valence-corrected chi connectivity index (χ2v) is 7.79. The number of carbonyl (C=O) groups excluding carboxylic acids is 2. The van der Waals surface area contributed by atoms with Gasteiger partial charge in [0.15, 0.2) is 0 Å². The van der Waals surface area contributed by atoms with Gasteiger partial charge >= 0.3 is 0 Å². The van der Waals surface area contributed by atoms with Crippen LogP contribution in [-0.4, -0.2) is 52.2 Å². The molecule has 0 aliphatic heterocycles. The molecule has 35 heavy (non-hydrogen) atoms. The van der Waals surface area contributed by atoms with Gasteiger partial charge in [0.1, 0.15) is 44.9 Å². The van der Waals surface area contributed by atoms with E-state index in [0.29, 0.717) is 17.9 Å². The number of carbonyl (C=O) groups is 2. The third-order valence-electron chi connectivity index (χ3n) is 4.94. The fraction of sp³-hybridized carbons (Fsp3) is 0.414. The van der Waals surface area contributed by atoms with Gasteiger partial charge in [0.25, 0.3) is 0 Å². The van der Waals surface area contributed by atoms with Crippen LogP contribution in [0.15, 0.2) is 60.7 Å². The number of rotatable bonds is 10. The Labute approximate surface area is 219 Å². The largest absolute Gasteiger partial charge is 1.00 e. The van der Waals surface area contributed by atoms with Crippen molar-refractivity contribution in [3.8, 4) is 11.5 Å². The zero-order valence-corrected chi connectivity index (χ0v) is 22.2. The highest BCUT2D eigenvalue weighted by atomic mass is 35.5. The van der Waals surface area contributed by atoms with Crippen molar-refractivity contribution in [3.63, 3.8) is 0 Å². The summed E-state index contributed by atoms with van der Waals surface area (Å²) in [6.07, 6.45) is 4.24. The number of ether oxygens (including phenoxy) is 2. The third-order valence-corrected chi connectivity index (χ3v) is 4.94. The molecule has 0 aromatic heterocycles. The lowest BCUT2D eigenvalue weighted by Crippen LogP contribution is -3.00. The Balaban J connectivity index is -0.000000484. The molecule has 0 N–H and O–H groups in total. The normalized spacial score (nSPS) is 10.7. The van der Waals surface area contributed by atoms with Gasteiger partial charge in [0, 0.05) is 12.3 Å². The molecule has 0 fully saturated rings. The lowest BCUT2D eigenvalue weighted by atomic mass is 9.90. The molecule has 2 atom stereocenters. The average Bonchev–Trinajstić information content (AvgIpc) is 2.83. The van der Waals surface area contributed by atoms with Crippen LogP contribution in [0.3, 0.4) is 0 Å². The summed E-state index contributed by atoms with van der Waals surface area (Å²) in [4.78, 5) is 21.2. The zero-order valence-electron chi connectivity index (χ0n) is 21.4. The summed E-state index contributed by atoms with van der Waals surface area (Å²) in [5, 5.41) is 0. The number of benzene rings is 2. The van der Waals surface area contributed by atoms with Crippen molar-refractivity contribution in [3.05, 3.63) is 71.8 Å². The summed E-state index contributed by atoms with van der Waals surface area (Å²) in [6, 6.07) is 15.7. The first kappa shape index (κ1) is 36.6. The van der Waals surface area contributed by atoms with Gasteiger partial charge in [-0.25, -0.2) is 4.58 Å². The van der Waals surface area contributed by atoms with Gasteiger partial charge in [-0.1, -0.05) is 52.1 Å². The Bertz CT molecular complexity index is 878. The van der Waals surface area contributed by atoms with E-state index in [1.807, 2.05) is 69.6 Å². The first-order chi connectivity index (χ1) is 15.8. The van der Waals surface area contributed by atoms with Crippen LogP contribution in [0.2, 0.25) is 0 Å². The second kappa shape index (κ2) is 21.6. The molecule has 2 rings (SSSR count). The topological polar surface area (TPSA) is 55.6 Å². The standard InChI is InChI=1S/C13H16O2.C12H16O2.C3H8N.CH4.ClH/c1-4-13(10(2)9-14)11-6-5-7-12(8-11)15-3;1-3-10(7-8-13)11-5-4-6-12(9-11)14-2;1-4(2)3;;/h5-9,13H,2,4H2,1,3H3;4-6,8-10H,3,7H2,1-2H3;1H2,2-3H3;1H4;1H/q;;+1;;/p-1. The Morgan fingerprint density at radius 3 is 1.77 bits per heavy atom. The number of nitrogens with zero attached hydrogens (tertiary/aromatic N) is 1. The van der Waals surface area contributed by atoms with E-state index < -0.39 is 0 Å². The SMILES string of the molecule is C.C=C(C=O)C(CC)c1cccc(OC)c1.C=[N+](C)C.CCC(CC=O)c1cccc(OC)c1.[Cl-]. The molecular formula is C29H44ClNO4. The maximum atomic E-state index is 10.7. The molecule has 0 radical (unpaired) electrons. The molecule has 196 valence electrons. The molecule has 6 heteroatoms. The Hall–Kier alpha value is -2.92. The third kappa shape index (κ3) is 14.8. The second-order valence-electron chi connectivity index (χ2n) is 7.79. The number of aldehydes is 2. The minimum absolute atomic E-state index is 0. The van der Waals surface area contributed by atoms with Crippen LogP contribution in [0.4, 0.5) is 0 Å². The van der Waals surface area contributed by atoms with Gasteiger partial charge in [-0.05, 0) is 59.7 Å². The lowest BCUT2D eigenvalue weighted by molar-refractivity contribution is -0.454. The predicted molar refractivity (Wildman–Crippen MR) is 144 cm³/mol. The van der Waals surface area contributed by atoms with Gasteiger partial charge in [-0.15, -0.1) is 0 Å². The Morgan fingerprint density at radius 2 is 1.40 bits per heavy atom. The van der Waals surface area contributed by atoms with Gasteiger partial charge in [-0.2, -0.15) is 0 Å². The van der Waals surface area contributed by atoms with Crippen LogP contribution in [0.25, 0.3) is 0 Å². The maximum absolute atomic E-state index is 10.7. The minimum atomic E-state index is 0. The van der Waals surface area contributed by atoms with E-state index in [9.17, 15) is 9.59 Å². The fourth-order valence-electron chi connectivity index (χ4n) is 3.20. The molecule has 5 nitrogen and oxygen atoms in total. The summed E-state index contributed by atoms with van der Waals surface area (Å²) in [5.74, 6) is 2.08. The summed E-state index contributed by atoms with van der Waals surface area (Å²) in [6.45, 7) is 11.4. The highest BCUT2D eigenvalue weighted by Crippen LogP contribution is 2.28. The van der Waals surface area contributed by atoms with Crippen molar-refractivity contribution in [2.45, 2.75) is 52.4 Å². The van der Waals surface area contributed by atoms with Crippen LogP contribution >= 0.6 is 0 Å². The highest BCUT2D eigenvalue weighted by Gasteiger charge is 2.13. The molecule has 2 aromatic carbocycles. The molecule has 0 aliphatic rings. The number of allylic oxidation sites excluding steroid dienone is 1. The van der Waals surface area contributed by atoms with Crippen LogP contribution in [0, 0.1) is 0 Å². The first-order valence-corrected chi connectivity index (χ1v) is 11.1. The summed E-state index contributed by atoms with van der Waals surface area (Å²) < 4.78 is 12.0. The average molecular weight is 506 g/mol. The monoisotopic (exact) mass is 505 g/mol. The summed E-state index contributed by atoms with van der Waals surface area (Å²) >= 11 is 0. The van der Waals surface area contributed by atoms with Gasteiger partial charge < -0.3 is 26.7 Å². The van der Waals surface area contributed by atoms with E-state index >= 15 is 0 Å². The van der Waals surface area contributed by atoms with Gasteiger partial charge in [-0.3, -0.25) is 4.79 Å². The highest BCUT2D eigenvalue weighted by molar-refractivity contribution is 5.75. The van der Waals surface area contributed by atoms with Crippen LogP contribution in [0.5, 0.6) is 11.5 Å². The molecule has 0 saturated carbocycles. The van der Waals surface area contributed by atoms with Crippen molar-refractivity contribution in [1.82, 2.24) is 0 Å². The van der Waals surface area contributed by atoms with Gasteiger partial charge in [0.2, 0.25) is 0 Å². The van der Waals surface area contributed by atoms with E-state index in [1.165, 1.54) is 5.56 Å². The lowest BCUT2D eigenvalue weighted by Gasteiger charge is -2.14. The van der Waals surface area contributed by atoms with Gasteiger partial charge in [0.05, 0.1) is 14.2 Å². The van der Waals surface area contributed by atoms with E-state index in [2.05, 4.69) is 20.2 Å². The van der Waals surface area contributed by atoms with E-state index in [4.69, 9.17) is 9.47 Å². The van der Waals surface area contributed by atoms with Crippen LogP contribution < -0.4 is 21.9 Å². The van der Waals surface area contributed by atoms with E-state index in [1.54, 1.807) is 18.8 Å². The number of methoxy groups -OCH3 is 2. The Morgan fingerprint density at radius 1 is 0.943 bits per heavy atom. The van der Waals surface area contributed by atoms with Crippen molar-refractivity contribution < 1.29 is 36.0 Å². The number of hydrogen-bond donors (Lipinski definition) is 0. The maximum Gasteiger partial charge on any atom is 0.146 e. The molecule has 2 unspecified atom stereocenters. The zero-order chi connectivity index (χ0) is 25.2. The van der Waals surface area contributed by atoms with Crippen molar-refractivity contribution >= 4 is 19.3 Å². The summed E-state index contributed by atoms with van der Waals surface area (Å²) in [7, 11) is 7.06. The first-order valence-electron chi connectivity index (χ1n) is 11.1. The van der Waals surface area contributed by atoms with Crippen molar-refractivity contribution in [2.24, 2.45) is 0 Å². The number of hydrogen-bond acceptors (Lipinski definition) is 4. The van der Waals surface area contributed by atoms with Crippen LogP contribution in [0.1, 0.15) is 63.5 Å². The molecular weight excluding hydrogens is 462 g/mol. The van der Waals surface area contributed by atoms with E-state index in [0.717, 1.165) is 42.5 Å². The quantitative estimate of drug-likeness (QED) is 0.215. The predicted octanol–water partition coefficient (Wildman–Crippen LogP) is 3.32. The smallest absolute Gasteiger partial charge is 0.146 e. The number of halogens is 1. The molecule has 0 aliphatic carbocycles. The summed E-state index contributed by atoms with van der Waals surface area (Å²) in [5.41, 5.74) is 2.87. The van der Waals surface area contributed by atoms with Crippen molar-refractivity contribution in [2.75, 3.05) is 28.3 Å². The van der Waals surface area contributed by atoms with E-state index in [-0.39, 0.29) is 25.8 Å². The fourth-order valence-corrected chi connectivity index (χ4v) is 3.20. The molecule has 0 spiro atoms. The Kier molecular flexibility index (Phi) is 22.6.